The van der Waals surface area contributed by atoms with E-state index in [9.17, 15) is 5.11 Å². The fourth-order valence-electron chi connectivity index (χ4n) is 2.03. The molecule has 2 rings (SSSR count). The summed E-state index contributed by atoms with van der Waals surface area (Å²) in [5.41, 5.74) is 1.99. The summed E-state index contributed by atoms with van der Waals surface area (Å²) in [5, 5.41) is 14.2. The van der Waals surface area contributed by atoms with E-state index in [1.807, 2.05) is 13.0 Å². The maximum absolute atomic E-state index is 9.48. The van der Waals surface area contributed by atoms with Crippen molar-refractivity contribution in [1.82, 2.24) is 10.3 Å². The van der Waals surface area contributed by atoms with Crippen molar-refractivity contribution in [1.29, 1.82) is 0 Å². The van der Waals surface area contributed by atoms with E-state index in [4.69, 9.17) is 11.6 Å². The molecule has 0 fully saturated rings. The Bertz CT molecular complexity index is 598. The molecule has 1 heterocycles. The first-order valence-corrected chi connectivity index (χ1v) is 7.92. The van der Waals surface area contributed by atoms with E-state index in [1.165, 1.54) is 4.88 Å². The van der Waals surface area contributed by atoms with Crippen molar-refractivity contribution in [3.05, 3.63) is 33.8 Å². The lowest BCUT2D eigenvalue weighted by atomic mass is 10.2. The smallest absolute Gasteiger partial charge is 0.134 e. The molecule has 0 radical (unpaired) electrons. The van der Waals surface area contributed by atoms with Crippen LogP contribution in [-0.2, 0) is 0 Å². The lowest BCUT2D eigenvalue weighted by Gasteiger charge is -2.11. The van der Waals surface area contributed by atoms with Gasteiger partial charge in [0.05, 0.1) is 10.7 Å². The monoisotopic (exact) mass is 310 g/mol. The number of halogens is 1. The third kappa shape index (κ3) is 3.32. The van der Waals surface area contributed by atoms with Crippen molar-refractivity contribution >= 4 is 22.9 Å². The molecule has 2 aromatic rings. The molecule has 3 nitrogen and oxygen atoms in total. The zero-order valence-electron chi connectivity index (χ0n) is 11.9. The molecular weight excluding hydrogens is 292 g/mol. The Hall–Kier alpha value is -1.10. The number of nitrogens with one attached hydrogen (secondary N) is 1. The van der Waals surface area contributed by atoms with E-state index in [0.717, 1.165) is 29.2 Å². The Labute approximate surface area is 128 Å². The predicted molar refractivity (Wildman–Crippen MR) is 85.7 cm³/mol. The van der Waals surface area contributed by atoms with Crippen LogP contribution in [0.2, 0.25) is 5.02 Å². The van der Waals surface area contributed by atoms with Crippen molar-refractivity contribution < 1.29 is 5.11 Å². The molecule has 0 saturated heterocycles. The van der Waals surface area contributed by atoms with Crippen LogP contribution in [0.4, 0.5) is 0 Å². The summed E-state index contributed by atoms with van der Waals surface area (Å²) in [4.78, 5) is 5.87. The molecule has 0 saturated carbocycles. The van der Waals surface area contributed by atoms with Crippen molar-refractivity contribution in [3.8, 4) is 16.3 Å². The molecule has 1 atom stereocenters. The maximum Gasteiger partial charge on any atom is 0.134 e. The zero-order valence-corrected chi connectivity index (χ0v) is 13.5. The summed E-state index contributed by atoms with van der Waals surface area (Å²) < 4.78 is 0. The second-order valence-electron chi connectivity index (χ2n) is 4.81. The minimum Gasteiger partial charge on any atom is -0.506 e. The molecule has 0 spiro atoms. The molecule has 0 amide bonds. The van der Waals surface area contributed by atoms with Crippen LogP contribution in [0, 0.1) is 6.92 Å². The standard InChI is InChI=1S/C15H19ClN2OS/c1-4-7-17-9(2)14-10(3)18-15(20-14)11-5-6-13(19)12(16)8-11/h5-6,8-9,17,19H,4,7H2,1-3H3. The molecule has 5 heteroatoms. The first-order chi connectivity index (χ1) is 9.52. The molecule has 0 aliphatic heterocycles. The van der Waals surface area contributed by atoms with Crippen LogP contribution in [0.5, 0.6) is 5.75 Å². The third-order valence-corrected chi connectivity index (χ3v) is 4.81. The number of thiazole rings is 1. The highest BCUT2D eigenvalue weighted by Gasteiger charge is 2.15. The Morgan fingerprint density at radius 3 is 2.85 bits per heavy atom. The van der Waals surface area contributed by atoms with Gasteiger partial charge in [0.25, 0.3) is 0 Å². The summed E-state index contributed by atoms with van der Waals surface area (Å²) in [7, 11) is 0. The van der Waals surface area contributed by atoms with Gasteiger partial charge in [-0.25, -0.2) is 4.98 Å². The highest BCUT2D eigenvalue weighted by molar-refractivity contribution is 7.15. The number of aromatic nitrogens is 1. The van der Waals surface area contributed by atoms with Gasteiger partial charge < -0.3 is 10.4 Å². The first kappa shape index (κ1) is 15.3. The summed E-state index contributed by atoms with van der Waals surface area (Å²) >= 11 is 7.63. The van der Waals surface area contributed by atoms with Gasteiger partial charge in [0.15, 0.2) is 0 Å². The highest BCUT2D eigenvalue weighted by Crippen LogP contribution is 2.34. The molecule has 0 bridgehead atoms. The van der Waals surface area contributed by atoms with Crippen molar-refractivity contribution in [2.45, 2.75) is 33.2 Å². The van der Waals surface area contributed by atoms with Gasteiger partial charge in [-0.3, -0.25) is 0 Å². The third-order valence-electron chi connectivity index (χ3n) is 3.12. The van der Waals surface area contributed by atoms with Gasteiger partial charge in [-0.15, -0.1) is 11.3 Å². The van der Waals surface area contributed by atoms with E-state index in [2.05, 4.69) is 24.1 Å². The average molecular weight is 311 g/mol. The van der Waals surface area contributed by atoms with E-state index in [-0.39, 0.29) is 5.75 Å². The zero-order chi connectivity index (χ0) is 14.7. The maximum atomic E-state index is 9.48. The van der Waals surface area contributed by atoms with E-state index in [1.54, 1.807) is 23.5 Å². The van der Waals surface area contributed by atoms with E-state index in [0.29, 0.717) is 11.1 Å². The van der Waals surface area contributed by atoms with E-state index < -0.39 is 0 Å². The number of phenolic OH excluding ortho intramolecular Hbond substituents is 1. The minimum absolute atomic E-state index is 0.0990. The van der Waals surface area contributed by atoms with Gasteiger partial charge in [-0.1, -0.05) is 18.5 Å². The SMILES string of the molecule is CCCNC(C)c1sc(-c2ccc(O)c(Cl)c2)nc1C. The van der Waals surface area contributed by atoms with Crippen LogP contribution in [0.3, 0.4) is 0 Å². The Kier molecular flexibility index (Phi) is 5.02. The second kappa shape index (κ2) is 6.57. The van der Waals surface area contributed by atoms with Crippen LogP contribution in [-0.4, -0.2) is 16.6 Å². The molecular formula is C15H19ClN2OS. The van der Waals surface area contributed by atoms with Crippen LogP contribution in [0.15, 0.2) is 18.2 Å². The van der Waals surface area contributed by atoms with Gasteiger partial charge >= 0.3 is 0 Å². The normalized spacial score (nSPS) is 12.6. The fourth-order valence-corrected chi connectivity index (χ4v) is 3.30. The van der Waals surface area contributed by atoms with Gasteiger partial charge in [-0.2, -0.15) is 0 Å². The summed E-state index contributed by atoms with van der Waals surface area (Å²) in [6, 6.07) is 5.50. The quantitative estimate of drug-likeness (QED) is 0.852. The molecule has 0 aliphatic rings. The van der Waals surface area contributed by atoms with Gasteiger partial charge in [0, 0.05) is 16.5 Å². The van der Waals surface area contributed by atoms with Crippen LogP contribution in [0.25, 0.3) is 10.6 Å². The first-order valence-electron chi connectivity index (χ1n) is 6.72. The molecule has 1 aromatic carbocycles. The summed E-state index contributed by atoms with van der Waals surface area (Å²) in [6.45, 7) is 7.34. The van der Waals surface area contributed by atoms with Crippen molar-refractivity contribution in [2.24, 2.45) is 0 Å². The average Bonchev–Trinajstić information content (AvgIpc) is 2.81. The molecule has 0 aliphatic carbocycles. The number of hydrogen-bond donors (Lipinski definition) is 2. The summed E-state index contributed by atoms with van der Waals surface area (Å²) in [5.74, 6) is 0.0990. The summed E-state index contributed by atoms with van der Waals surface area (Å²) in [6.07, 6.45) is 1.11. The predicted octanol–water partition coefficient (Wildman–Crippen LogP) is 4.54. The van der Waals surface area contributed by atoms with Crippen LogP contribution >= 0.6 is 22.9 Å². The fraction of sp³-hybridized carbons (Fsp3) is 0.400. The van der Waals surface area contributed by atoms with Crippen molar-refractivity contribution in [2.75, 3.05) is 6.54 Å². The number of nitrogens with zero attached hydrogens (tertiary/aromatic N) is 1. The lowest BCUT2D eigenvalue weighted by Crippen LogP contribution is -2.18. The minimum atomic E-state index is 0.0990. The number of rotatable bonds is 5. The number of hydrogen-bond acceptors (Lipinski definition) is 4. The Balaban J connectivity index is 2.28. The molecule has 20 heavy (non-hydrogen) atoms. The second-order valence-corrected chi connectivity index (χ2v) is 6.25. The Morgan fingerprint density at radius 2 is 2.20 bits per heavy atom. The molecule has 1 unspecified atom stereocenters. The van der Waals surface area contributed by atoms with Gasteiger partial charge in [0.2, 0.25) is 0 Å². The molecule has 108 valence electrons. The highest BCUT2D eigenvalue weighted by atomic mass is 35.5. The number of benzene rings is 1. The number of aryl methyl sites for hydroxylation is 1. The van der Waals surface area contributed by atoms with Gasteiger partial charge in [0.1, 0.15) is 10.8 Å². The molecule has 1 aromatic heterocycles. The topological polar surface area (TPSA) is 45.1 Å². The van der Waals surface area contributed by atoms with Crippen LogP contribution in [0.1, 0.15) is 36.9 Å². The van der Waals surface area contributed by atoms with Crippen LogP contribution < -0.4 is 5.32 Å². The molecule has 2 N–H and O–H groups in total. The largest absolute Gasteiger partial charge is 0.506 e. The lowest BCUT2D eigenvalue weighted by molar-refractivity contribution is 0.475. The number of aromatic hydroxyl groups is 1. The van der Waals surface area contributed by atoms with E-state index >= 15 is 0 Å². The van der Waals surface area contributed by atoms with Gasteiger partial charge in [-0.05, 0) is 45.0 Å². The number of phenols is 1. The Morgan fingerprint density at radius 1 is 1.45 bits per heavy atom. The van der Waals surface area contributed by atoms with Crippen molar-refractivity contribution in [3.63, 3.8) is 0 Å².